The zero-order chi connectivity index (χ0) is 19.2. The number of guanidine groups is 1. The van der Waals surface area contributed by atoms with E-state index in [4.69, 9.17) is 4.74 Å². The molecule has 0 unspecified atom stereocenters. The molecule has 1 aliphatic rings. The predicted octanol–water partition coefficient (Wildman–Crippen LogP) is 2.97. The number of methoxy groups -OCH3 is 1. The van der Waals surface area contributed by atoms with Crippen LogP contribution in [0.4, 0.5) is 0 Å². The molecule has 0 bridgehead atoms. The quantitative estimate of drug-likeness (QED) is 0.379. The fourth-order valence-electron chi connectivity index (χ4n) is 3.28. The van der Waals surface area contributed by atoms with E-state index in [0.29, 0.717) is 19.0 Å². The lowest BCUT2D eigenvalue weighted by molar-refractivity contribution is -0.130. The summed E-state index contributed by atoms with van der Waals surface area (Å²) in [6, 6.07) is 10.0. The third-order valence-electron chi connectivity index (χ3n) is 4.73. The number of aliphatic imine (C=N–C) groups is 1. The number of nitrogens with one attached hydrogen (secondary N) is 1. The van der Waals surface area contributed by atoms with Gasteiger partial charge in [-0.15, -0.1) is 35.3 Å². The molecular formula is C20H27IN4O2S. The van der Waals surface area contributed by atoms with Crippen molar-refractivity contribution in [2.45, 2.75) is 19.5 Å². The van der Waals surface area contributed by atoms with E-state index in [1.807, 2.05) is 41.1 Å². The fraction of sp³-hybridized carbons (Fsp3) is 0.400. The van der Waals surface area contributed by atoms with Gasteiger partial charge in [0.2, 0.25) is 5.91 Å². The minimum atomic E-state index is 0. The maximum Gasteiger partial charge on any atom is 0.242 e. The lowest BCUT2D eigenvalue weighted by Crippen LogP contribution is -2.46. The summed E-state index contributed by atoms with van der Waals surface area (Å²) >= 11 is 1.78. The molecule has 1 N–H and O–H groups in total. The Bertz CT molecular complexity index is 824. The number of hydrogen-bond acceptors (Lipinski definition) is 4. The number of thiophene rings is 1. The molecule has 0 spiro atoms. The lowest BCUT2D eigenvalue weighted by atomic mass is 10.1. The number of halogens is 1. The zero-order valence-corrected chi connectivity index (χ0v) is 19.6. The van der Waals surface area contributed by atoms with Crippen molar-refractivity contribution in [3.63, 3.8) is 0 Å². The van der Waals surface area contributed by atoms with Crippen LogP contribution in [-0.4, -0.2) is 56.0 Å². The van der Waals surface area contributed by atoms with E-state index in [-0.39, 0.29) is 36.4 Å². The summed E-state index contributed by atoms with van der Waals surface area (Å²) in [5.74, 6) is 1.62. The van der Waals surface area contributed by atoms with Gasteiger partial charge in [0, 0.05) is 44.2 Å². The van der Waals surface area contributed by atoms with Crippen LogP contribution in [0.3, 0.4) is 0 Å². The molecule has 2 aromatic rings. The molecule has 1 aromatic carbocycles. The van der Waals surface area contributed by atoms with Crippen LogP contribution in [0.1, 0.15) is 16.0 Å². The van der Waals surface area contributed by atoms with Gasteiger partial charge >= 0.3 is 0 Å². The van der Waals surface area contributed by atoms with Gasteiger partial charge in [-0.05, 0) is 29.5 Å². The largest absolute Gasteiger partial charge is 0.496 e. The van der Waals surface area contributed by atoms with Gasteiger partial charge in [-0.25, -0.2) is 0 Å². The van der Waals surface area contributed by atoms with Gasteiger partial charge in [0.25, 0.3) is 0 Å². The second-order valence-electron chi connectivity index (χ2n) is 6.50. The molecule has 2 heterocycles. The van der Waals surface area contributed by atoms with Gasteiger partial charge in [0.05, 0.1) is 13.7 Å². The minimum absolute atomic E-state index is 0. The van der Waals surface area contributed by atoms with Gasteiger partial charge in [-0.1, -0.05) is 18.2 Å². The number of benzene rings is 1. The van der Waals surface area contributed by atoms with Crippen molar-refractivity contribution in [2.75, 3.05) is 34.3 Å². The Morgan fingerprint density at radius 1 is 1.36 bits per heavy atom. The number of ether oxygens (including phenoxy) is 1. The van der Waals surface area contributed by atoms with Crippen LogP contribution in [0.2, 0.25) is 0 Å². The number of carbonyl (C=O) groups excluding carboxylic acids is 1. The van der Waals surface area contributed by atoms with Crippen molar-refractivity contribution >= 4 is 47.2 Å². The molecule has 1 amide bonds. The zero-order valence-electron chi connectivity index (χ0n) is 16.5. The Morgan fingerprint density at radius 3 is 2.89 bits per heavy atom. The van der Waals surface area contributed by atoms with Gasteiger partial charge in [0.1, 0.15) is 5.75 Å². The monoisotopic (exact) mass is 514 g/mol. The van der Waals surface area contributed by atoms with Crippen LogP contribution in [0, 0.1) is 0 Å². The first-order valence-electron chi connectivity index (χ1n) is 8.99. The molecule has 1 aliphatic heterocycles. The summed E-state index contributed by atoms with van der Waals surface area (Å²) < 4.78 is 5.41. The SMILES string of the molecule is CN=C(NCC(=O)N1CCc2sccc2C1)N(C)Cc1ccccc1OC.I. The van der Waals surface area contributed by atoms with Crippen LogP contribution < -0.4 is 10.1 Å². The number of rotatable bonds is 5. The second-order valence-corrected chi connectivity index (χ2v) is 7.50. The normalized spacial score (nSPS) is 13.4. The summed E-state index contributed by atoms with van der Waals surface area (Å²) in [7, 11) is 5.34. The summed E-state index contributed by atoms with van der Waals surface area (Å²) in [5.41, 5.74) is 2.34. The molecule has 0 saturated carbocycles. The first-order chi connectivity index (χ1) is 13.1. The smallest absolute Gasteiger partial charge is 0.242 e. The van der Waals surface area contributed by atoms with Gasteiger partial charge in [-0.3, -0.25) is 9.79 Å². The van der Waals surface area contributed by atoms with E-state index in [0.717, 1.165) is 24.3 Å². The number of nitrogens with zero attached hydrogens (tertiary/aromatic N) is 3. The first-order valence-corrected chi connectivity index (χ1v) is 9.87. The molecule has 0 saturated heterocycles. The summed E-state index contributed by atoms with van der Waals surface area (Å²) in [5, 5.41) is 5.29. The molecule has 3 rings (SSSR count). The van der Waals surface area contributed by atoms with Crippen molar-refractivity contribution in [2.24, 2.45) is 4.99 Å². The highest BCUT2D eigenvalue weighted by Crippen LogP contribution is 2.24. The number of hydrogen-bond donors (Lipinski definition) is 1. The summed E-state index contributed by atoms with van der Waals surface area (Å²) in [4.78, 5) is 22.2. The van der Waals surface area contributed by atoms with Crippen LogP contribution in [0.5, 0.6) is 5.75 Å². The number of carbonyl (C=O) groups is 1. The fourth-order valence-corrected chi connectivity index (χ4v) is 4.17. The minimum Gasteiger partial charge on any atom is -0.496 e. The number of fused-ring (bicyclic) bond motifs is 1. The van der Waals surface area contributed by atoms with E-state index in [1.165, 1.54) is 10.4 Å². The number of para-hydroxylation sites is 1. The molecule has 1 aromatic heterocycles. The Kier molecular flexibility index (Phi) is 8.56. The van der Waals surface area contributed by atoms with Crippen molar-refractivity contribution < 1.29 is 9.53 Å². The Balaban J connectivity index is 0.00000280. The molecule has 0 aliphatic carbocycles. The molecule has 8 heteroatoms. The van der Waals surface area contributed by atoms with Crippen molar-refractivity contribution in [3.05, 3.63) is 51.7 Å². The Morgan fingerprint density at radius 2 is 2.14 bits per heavy atom. The molecular weight excluding hydrogens is 487 g/mol. The van der Waals surface area contributed by atoms with Gasteiger partial charge < -0.3 is 19.9 Å². The second kappa shape index (κ2) is 10.7. The number of amides is 1. The summed E-state index contributed by atoms with van der Waals surface area (Å²) in [6.07, 6.45) is 0.946. The molecule has 0 atom stereocenters. The van der Waals surface area contributed by atoms with E-state index in [1.54, 1.807) is 25.5 Å². The van der Waals surface area contributed by atoms with Crippen LogP contribution >= 0.6 is 35.3 Å². The molecule has 0 fully saturated rings. The van der Waals surface area contributed by atoms with Crippen LogP contribution in [0.15, 0.2) is 40.7 Å². The maximum atomic E-state index is 12.6. The lowest BCUT2D eigenvalue weighted by Gasteiger charge is -2.28. The molecule has 0 radical (unpaired) electrons. The van der Waals surface area contributed by atoms with Crippen molar-refractivity contribution in [3.8, 4) is 5.75 Å². The van der Waals surface area contributed by atoms with E-state index < -0.39 is 0 Å². The van der Waals surface area contributed by atoms with Crippen molar-refractivity contribution in [1.82, 2.24) is 15.1 Å². The molecule has 6 nitrogen and oxygen atoms in total. The average molecular weight is 514 g/mol. The van der Waals surface area contributed by atoms with E-state index in [9.17, 15) is 4.79 Å². The molecule has 152 valence electrons. The van der Waals surface area contributed by atoms with E-state index in [2.05, 4.69) is 21.8 Å². The highest BCUT2D eigenvalue weighted by Gasteiger charge is 2.21. The molecule has 28 heavy (non-hydrogen) atoms. The third kappa shape index (κ3) is 5.38. The maximum absolute atomic E-state index is 12.6. The summed E-state index contributed by atoms with van der Waals surface area (Å²) in [6.45, 7) is 2.36. The third-order valence-corrected chi connectivity index (χ3v) is 5.75. The highest BCUT2D eigenvalue weighted by atomic mass is 127. The van der Waals surface area contributed by atoms with Gasteiger partial charge in [-0.2, -0.15) is 0 Å². The van der Waals surface area contributed by atoms with Crippen LogP contribution in [-0.2, 0) is 24.3 Å². The highest BCUT2D eigenvalue weighted by molar-refractivity contribution is 14.0. The Labute approximate surface area is 187 Å². The predicted molar refractivity (Wildman–Crippen MR) is 125 cm³/mol. The average Bonchev–Trinajstić information content (AvgIpc) is 3.16. The Hall–Kier alpha value is -1.81. The van der Waals surface area contributed by atoms with E-state index >= 15 is 0 Å². The van der Waals surface area contributed by atoms with Crippen molar-refractivity contribution in [1.29, 1.82) is 0 Å². The topological polar surface area (TPSA) is 57.2 Å². The van der Waals surface area contributed by atoms with Crippen LogP contribution in [0.25, 0.3) is 0 Å². The standard InChI is InChI=1S/C20H26N4O2S.HI/c1-21-20(23(2)13-15-6-4-5-7-17(15)26-3)22-12-19(25)24-10-8-18-16(14-24)9-11-27-18;/h4-7,9,11H,8,10,12-14H2,1-3H3,(H,21,22);1H. The first kappa shape index (κ1) is 22.5. The van der Waals surface area contributed by atoms with Gasteiger partial charge in [0.15, 0.2) is 5.96 Å².